The minimum atomic E-state index is -0.141. The van der Waals surface area contributed by atoms with Crippen molar-refractivity contribution in [1.29, 1.82) is 0 Å². The Hall–Kier alpha value is -0.450. The lowest BCUT2D eigenvalue weighted by Crippen LogP contribution is -2.52. The summed E-state index contributed by atoms with van der Waals surface area (Å²) in [7, 11) is 0. The topological polar surface area (TPSA) is 24.1 Å². The zero-order valence-corrected chi connectivity index (χ0v) is 12.5. The van der Waals surface area contributed by atoms with E-state index in [4.69, 9.17) is 0 Å². The Bertz CT molecular complexity index is 420. The molecule has 1 aromatic carbocycles. The first-order chi connectivity index (χ1) is 8.49. The molecule has 1 aliphatic rings. The van der Waals surface area contributed by atoms with Gasteiger partial charge in [-0.05, 0) is 36.6 Å². The Morgan fingerprint density at radius 3 is 3.00 bits per heavy atom. The minimum absolute atomic E-state index is 0.141. The van der Waals surface area contributed by atoms with E-state index in [1.165, 1.54) is 6.07 Å². The van der Waals surface area contributed by atoms with Gasteiger partial charge in [-0.15, -0.1) is 0 Å². The van der Waals surface area contributed by atoms with E-state index in [1.807, 2.05) is 6.07 Å². The largest absolute Gasteiger partial charge is 0.316 e. The monoisotopic (exact) mass is 314 g/mol. The first-order valence-corrected chi connectivity index (χ1v) is 7.16. The van der Waals surface area contributed by atoms with E-state index in [0.29, 0.717) is 12.6 Å². The molecule has 1 aromatic rings. The van der Waals surface area contributed by atoms with Crippen LogP contribution in [-0.4, -0.2) is 19.1 Å². The molecular weight excluding hydrogens is 295 g/mol. The number of nitrogens with one attached hydrogen (secondary N) is 2. The standard InChI is InChI=1S/C14H20BrFN2/c1-14(2)9-17-6-5-13(14)18-8-10-7-11(15)3-4-12(10)16/h3-4,7,13,17-18H,5-6,8-9H2,1-2H3. The van der Waals surface area contributed by atoms with Crippen LogP contribution in [0.25, 0.3) is 0 Å². The first kappa shape index (κ1) is 14.0. The molecule has 0 aliphatic carbocycles. The lowest BCUT2D eigenvalue weighted by Gasteiger charge is -2.39. The molecule has 1 aliphatic heterocycles. The molecule has 1 fully saturated rings. The van der Waals surface area contributed by atoms with Gasteiger partial charge in [-0.25, -0.2) is 4.39 Å². The van der Waals surface area contributed by atoms with Crippen LogP contribution in [0.1, 0.15) is 25.8 Å². The Morgan fingerprint density at radius 2 is 2.28 bits per heavy atom. The van der Waals surface area contributed by atoms with Gasteiger partial charge in [0.25, 0.3) is 0 Å². The van der Waals surface area contributed by atoms with E-state index >= 15 is 0 Å². The second-order valence-electron chi connectivity index (χ2n) is 5.62. The minimum Gasteiger partial charge on any atom is -0.316 e. The van der Waals surface area contributed by atoms with Gasteiger partial charge >= 0.3 is 0 Å². The van der Waals surface area contributed by atoms with Crippen LogP contribution < -0.4 is 10.6 Å². The molecule has 1 heterocycles. The molecule has 0 amide bonds. The molecule has 100 valence electrons. The van der Waals surface area contributed by atoms with Gasteiger partial charge in [-0.1, -0.05) is 29.8 Å². The molecule has 1 saturated heterocycles. The van der Waals surface area contributed by atoms with Crippen molar-refractivity contribution in [3.8, 4) is 0 Å². The predicted molar refractivity (Wildman–Crippen MR) is 76.0 cm³/mol. The van der Waals surface area contributed by atoms with Crippen LogP contribution in [-0.2, 0) is 6.54 Å². The summed E-state index contributed by atoms with van der Waals surface area (Å²) >= 11 is 3.38. The molecule has 0 aromatic heterocycles. The molecule has 0 bridgehead atoms. The van der Waals surface area contributed by atoms with Crippen molar-refractivity contribution in [2.75, 3.05) is 13.1 Å². The van der Waals surface area contributed by atoms with Gasteiger partial charge in [0.15, 0.2) is 0 Å². The quantitative estimate of drug-likeness (QED) is 0.896. The lowest BCUT2D eigenvalue weighted by atomic mass is 9.80. The third kappa shape index (κ3) is 3.31. The summed E-state index contributed by atoms with van der Waals surface area (Å²) in [4.78, 5) is 0. The summed E-state index contributed by atoms with van der Waals surface area (Å²) in [6.45, 7) is 7.11. The Labute approximate surface area is 116 Å². The highest BCUT2D eigenvalue weighted by molar-refractivity contribution is 9.10. The van der Waals surface area contributed by atoms with E-state index in [1.54, 1.807) is 6.07 Å². The smallest absolute Gasteiger partial charge is 0.127 e. The van der Waals surface area contributed by atoms with Gasteiger partial charge < -0.3 is 10.6 Å². The third-order valence-corrected chi connectivity index (χ3v) is 4.17. The number of benzene rings is 1. The summed E-state index contributed by atoms with van der Waals surface area (Å²) in [6.07, 6.45) is 1.09. The van der Waals surface area contributed by atoms with Gasteiger partial charge in [0, 0.05) is 29.2 Å². The van der Waals surface area contributed by atoms with Crippen molar-refractivity contribution in [3.05, 3.63) is 34.1 Å². The zero-order chi connectivity index (χ0) is 13.2. The fourth-order valence-corrected chi connectivity index (χ4v) is 2.87. The predicted octanol–water partition coefficient (Wildman–Crippen LogP) is 3.07. The second-order valence-corrected chi connectivity index (χ2v) is 6.54. The van der Waals surface area contributed by atoms with Crippen LogP contribution in [0.5, 0.6) is 0 Å². The Morgan fingerprint density at radius 1 is 1.50 bits per heavy atom. The number of piperidine rings is 1. The number of rotatable bonds is 3. The van der Waals surface area contributed by atoms with Crippen LogP contribution in [0.3, 0.4) is 0 Å². The van der Waals surface area contributed by atoms with E-state index in [-0.39, 0.29) is 11.2 Å². The van der Waals surface area contributed by atoms with Crippen LogP contribution in [0.2, 0.25) is 0 Å². The average Bonchev–Trinajstić information content (AvgIpc) is 2.31. The molecule has 1 unspecified atom stereocenters. The SMILES string of the molecule is CC1(C)CNCCC1NCc1cc(Br)ccc1F. The molecule has 18 heavy (non-hydrogen) atoms. The highest BCUT2D eigenvalue weighted by Gasteiger charge is 2.31. The average molecular weight is 315 g/mol. The van der Waals surface area contributed by atoms with Crippen molar-refractivity contribution >= 4 is 15.9 Å². The van der Waals surface area contributed by atoms with Gasteiger partial charge in [-0.3, -0.25) is 0 Å². The fraction of sp³-hybridized carbons (Fsp3) is 0.571. The highest BCUT2D eigenvalue weighted by atomic mass is 79.9. The van der Waals surface area contributed by atoms with E-state index in [9.17, 15) is 4.39 Å². The molecule has 2 N–H and O–H groups in total. The zero-order valence-electron chi connectivity index (χ0n) is 10.9. The summed E-state index contributed by atoms with van der Waals surface area (Å²) in [6, 6.07) is 5.51. The van der Waals surface area contributed by atoms with Gasteiger partial charge in [0.1, 0.15) is 5.82 Å². The maximum Gasteiger partial charge on any atom is 0.127 e. The summed E-state index contributed by atoms with van der Waals surface area (Å²) in [5.74, 6) is -0.141. The van der Waals surface area contributed by atoms with Crippen LogP contribution >= 0.6 is 15.9 Å². The Kier molecular flexibility index (Phi) is 4.41. The number of halogens is 2. The maximum atomic E-state index is 13.6. The first-order valence-electron chi connectivity index (χ1n) is 6.37. The summed E-state index contributed by atoms with van der Waals surface area (Å²) in [5, 5.41) is 6.90. The summed E-state index contributed by atoms with van der Waals surface area (Å²) in [5.41, 5.74) is 0.930. The number of hydrogen-bond donors (Lipinski definition) is 2. The fourth-order valence-electron chi connectivity index (χ4n) is 2.46. The van der Waals surface area contributed by atoms with Gasteiger partial charge in [0.2, 0.25) is 0 Å². The molecule has 2 nitrogen and oxygen atoms in total. The molecule has 0 saturated carbocycles. The van der Waals surface area contributed by atoms with Crippen LogP contribution in [0, 0.1) is 11.2 Å². The second kappa shape index (κ2) is 5.68. The van der Waals surface area contributed by atoms with Crippen LogP contribution in [0.4, 0.5) is 4.39 Å². The van der Waals surface area contributed by atoms with Crippen molar-refractivity contribution < 1.29 is 4.39 Å². The van der Waals surface area contributed by atoms with Gasteiger partial charge in [-0.2, -0.15) is 0 Å². The van der Waals surface area contributed by atoms with Crippen molar-refractivity contribution in [3.63, 3.8) is 0 Å². The Balaban J connectivity index is 2.00. The lowest BCUT2D eigenvalue weighted by molar-refractivity contribution is 0.183. The molecule has 0 spiro atoms. The van der Waals surface area contributed by atoms with E-state index < -0.39 is 0 Å². The van der Waals surface area contributed by atoms with Crippen molar-refractivity contribution in [2.24, 2.45) is 5.41 Å². The number of hydrogen-bond acceptors (Lipinski definition) is 2. The molecular formula is C14H20BrFN2. The van der Waals surface area contributed by atoms with E-state index in [2.05, 4.69) is 40.4 Å². The molecule has 1 atom stereocenters. The van der Waals surface area contributed by atoms with Crippen molar-refractivity contribution in [2.45, 2.75) is 32.9 Å². The maximum absolute atomic E-state index is 13.6. The van der Waals surface area contributed by atoms with Gasteiger partial charge in [0.05, 0.1) is 0 Å². The van der Waals surface area contributed by atoms with Crippen LogP contribution in [0.15, 0.2) is 22.7 Å². The summed E-state index contributed by atoms with van der Waals surface area (Å²) < 4.78 is 14.6. The van der Waals surface area contributed by atoms with E-state index in [0.717, 1.165) is 29.5 Å². The normalized spacial score (nSPS) is 23.0. The molecule has 0 radical (unpaired) electrons. The van der Waals surface area contributed by atoms with Crippen molar-refractivity contribution in [1.82, 2.24) is 10.6 Å². The highest BCUT2D eigenvalue weighted by Crippen LogP contribution is 2.25. The molecule has 2 rings (SSSR count). The third-order valence-electron chi connectivity index (χ3n) is 3.68. The molecule has 4 heteroatoms.